The largest absolute Gasteiger partial charge is 0.378 e. The van der Waals surface area contributed by atoms with Gasteiger partial charge >= 0.3 is 0 Å². The van der Waals surface area contributed by atoms with E-state index in [4.69, 9.17) is 4.74 Å². The van der Waals surface area contributed by atoms with Gasteiger partial charge in [-0.05, 0) is 49.1 Å². The van der Waals surface area contributed by atoms with E-state index in [1.807, 2.05) is 0 Å². The summed E-state index contributed by atoms with van der Waals surface area (Å²) in [5, 5.41) is 3.90. The van der Waals surface area contributed by atoms with Crippen molar-refractivity contribution < 1.29 is 4.74 Å². The third-order valence-electron chi connectivity index (χ3n) is 4.88. The first-order valence-electron chi connectivity index (χ1n) is 8.17. The lowest BCUT2D eigenvalue weighted by Crippen LogP contribution is -2.47. The van der Waals surface area contributed by atoms with Crippen molar-refractivity contribution >= 4 is 0 Å². The fourth-order valence-electron chi connectivity index (χ4n) is 3.62. The molecular formula is C18H27NO. The van der Waals surface area contributed by atoms with Gasteiger partial charge in [-0.25, -0.2) is 0 Å². The van der Waals surface area contributed by atoms with E-state index in [2.05, 4.69) is 43.4 Å². The first-order chi connectivity index (χ1) is 9.72. The smallest absolute Gasteiger partial charge is 0.0612 e. The zero-order chi connectivity index (χ0) is 13.9. The van der Waals surface area contributed by atoms with Crippen LogP contribution >= 0.6 is 0 Å². The molecule has 3 atom stereocenters. The summed E-state index contributed by atoms with van der Waals surface area (Å²) in [6.07, 6.45) is 6.49. The molecular weight excluding hydrogens is 246 g/mol. The zero-order valence-electron chi connectivity index (χ0n) is 12.8. The van der Waals surface area contributed by atoms with Crippen LogP contribution in [0.4, 0.5) is 0 Å². The summed E-state index contributed by atoms with van der Waals surface area (Å²) >= 11 is 0. The van der Waals surface area contributed by atoms with Crippen LogP contribution in [-0.2, 0) is 17.6 Å². The molecule has 110 valence electrons. The number of hydrogen-bond donors (Lipinski definition) is 1. The van der Waals surface area contributed by atoms with Crippen molar-refractivity contribution in [3.05, 3.63) is 35.4 Å². The Balaban J connectivity index is 1.57. The number of rotatable bonds is 3. The number of nitrogens with one attached hydrogen (secondary N) is 1. The summed E-state index contributed by atoms with van der Waals surface area (Å²) in [6.45, 7) is 5.46. The molecule has 1 fully saturated rings. The molecule has 1 aromatic carbocycles. The minimum absolute atomic E-state index is 0.442. The molecule has 3 rings (SSSR count). The second-order valence-corrected chi connectivity index (χ2v) is 6.75. The number of ether oxygens (including phenoxy) is 1. The minimum atomic E-state index is 0.442. The van der Waals surface area contributed by atoms with E-state index in [1.54, 1.807) is 11.1 Å². The lowest BCUT2D eigenvalue weighted by atomic mass is 9.87. The Hall–Kier alpha value is -0.860. The standard InChI is InChI=1S/C18H27NO/c1-13(2)18-12-17(9-10-20-18)19-16-8-7-14-5-3-4-6-15(14)11-16/h3-6,13,16-19H,7-12H2,1-2H3. The first-order valence-corrected chi connectivity index (χ1v) is 8.17. The Morgan fingerprint density at radius 1 is 1.10 bits per heavy atom. The summed E-state index contributed by atoms with van der Waals surface area (Å²) in [6, 6.07) is 10.2. The van der Waals surface area contributed by atoms with Crippen LogP contribution in [0.1, 0.15) is 44.2 Å². The Kier molecular flexibility index (Phi) is 4.42. The molecule has 2 aliphatic rings. The number of hydrogen-bond acceptors (Lipinski definition) is 2. The monoisotopic (exact) mass is 273 g/mol. The van der Waals surface area contributed by atoms with Crippen LogP contribution in [0, 0.1) is 5.92 Å². The lowest BCUT2D eigenvalue weighted by Gasteiger charge is -2.36. The zero-order valence-corrected chi connectivity index (χ0v) is 12.8. The highest BCUT2D eigenvalue weighted by Crippen LogP contribution is 2.24. The van der Waals surface area contributed by atoms with Crippen molar-refractivity contribution in [3.63, 3.8) is 0 Å². The Morgan fingerprint density at radius 2 is 1.90 bits per heavy atom. The molecule has 2 heteroatoms. The van der Waals surface area contributed by atoms with E-state index in [1.165, 1.54) is 32.1 Å². The molecule has 0 amide bonds. The SMILES string of the molecule is CC(C)C1CC(NC2CCc3ccccc3C2)CCO1. The molecule has 0 radical (unpaired) electrons. The topological polar surface area (TPSA) is 21.3 Å². The quantitative estimate of drug-likeness (QED) is 0.912. The van der Waals surface area contributed by atoms with Gasteiger partial charge in [-0.1, -0.05) is 38.1 Å². The Labute approximate surface area is 122 Å². The second kappa shape index (κ2) is 6.28. The molecule has 0 bridgehead atoms. The van der Waals surface area contributed by atoms with Gasteiger partial charge in [-0.2, -0.15) is 0 Å². The summed E-state index contributed by atoms with van der Waals surface area (Å²) in [5.74, 6) is 0.631. The summed E-state index contributed by atoms with van der Waals surface area (Å²) < 4.78 is 5.88. The molecule has 2 nitrogen and oxygen atoms in total. The predicted octanol–water partition coefficient (Wildman–Crippen LogP) is 3.34. The van der Waals surface area contributed by atoms with E-state index in [9.17, 15) is 0 Å². The molecule has 1 N–H and O–H groups in total. The van der Waals surface area contributed by atoms with Crippen LogP contribution in [-0.4, -0.2) is 24.8 Å². The lowest BCUT2D eigenvalue weighted by molar-refractivity contribution is -0.0261. The molecule has 1 aliphatic carbocycles. The van der Waals surface area contributed by atoms with Gasteiger partial charge in [0.05, 0.1) is 6.10 Å². The van der Waals surface area contributed by atoms with Crippen molar-refractivity contribution in [2.75, 3.05) is 6.61 Å². The minimum Gasteiger partial charge on any atom is -0.378 e. The molecule has 1 heterocycles. The highest BCUT2D eigenvalue weighted by Gasteiger charge is 2.27. The number of aryl methyl sites for hydroxylation is 1. The van der Waals surface area contributed by atoms with Gasteiger partial charge in [-0.3, -0.25) is 0 Å². The van der Waals surface area contributed by atoms with Gasteiger partial charge in [0.15, 0.2) is 0 Å². The average Bonchev–Trinajstić information content (AvgIpc) is 2.47. The maximum Gasteiger partial charge on any atom is 0.0612 e. The molecule has 0 aromatic heterocycles. The molecule has 20 heavy (non-hydrogen) atoms. The first kappa shape index (κ1) is 14.1. The van der Waals surface area contributed by atoms with Crippen LogP contribution in [0.25, 0.3) is 0 Å². The van der Waals surface area contributed by atoms with Crippen molar-refractivity contribution in [1.82, 2.24) is 5.32 Å². The van der Waals surface area contributed by atoms with Crippen LogP contribution in [0.15, 0.2) is 24.3 Å². The normalized spacial score (nSPS) is 30.2. The average molecular weight is 273 g/mol. The third kappa shape index (κ3) is 3.24. The van der Waals surface area contributed by atoms with E-state index in [0.717, 1.165) is 6.61 Å². The molecule has 1 aromatic rings. The van der Waals surface area contributed by atoms with Crippen molar-refractivity contribution in [2.24, 2.45) is 5.92 Å². The Morgan fingerprint density at radius 3 is 2.70 bits per heavy atom. The maximum absolute atomic E-state index is 5.88. The van der Waals surface area contributed by atoms with Crippen molar-refractivity contribution in [1.29, 1.82) is 0 Å². The van der Waals surface area contributed by atoms with E-state index in [-0.39, 0.29) is 0 Å². The van der Waals surface area contributed by atoms with Crippen LogP contribution in [0.3, 0.4) is 0 Å². The maximum atomic E-state index is 5.88. The Bertz CT molecular complexity index is 443. The van der Waals surface area contributed by atoms with Gasteiger partial charge in [-0.15, -0.1) is 0 Å². The molecule has 1 aliphatic heterocycles. The fourth-order valence-corrected chi connectivity index (χ4v) is 3.62. The van der Waals surface area contributed by atoms with E-state index >= 15 is 0 Å². The summed E-state index contributed by atoms with van der Waals surface area (Å²) in [4.78, 5) is 0. The fraction of sp³-hybridized carbons (Fsp3) is 0.667. The molecule has 0 spiro atoms. The van der Waals surface area contributed by atoms with Crippen LogP contribution < -0.4 is 5.32 Å². The van der Waals surface area contributed by atoms with Crippen molar-refractivity contribution in [2.45, 2.75) is 64.1 Å². The summed E-state index contributed by atoms with van der Waals surface area (Å²) in [5.41, 5.74) is 3.10. The van der Waals surface area contributed by atoms with Crippen molar-refractivity contribution in [3.8, 4) is 0 Å². The molecule has 3 unspecified atom stereocenters. The molecule has 0 saturated carbocycles. The van der Waals surface area contributed by atoms with Gasteiger partial charge < -0.3 is 10.1 Å². The van der Waals surface area contributed by atoms with Crippen LogP contribution in [0.2, 0.25) is 0 Å². The highest BCUT2D eigenvalue weighted by atomic mass is 16.5. The number of fused-ring (bicyclic) bond motifs is 1. The predicted molar refractivity (Wildman–Crippen MR) is 83.0 cm³/mol. The third-order valence-corrected chi connectivity index (χ3v) is 4.88. The van der Waals surface area contributed by atoms with Gasteiger partial charge in [0.2, 0.25) is 0 Å². The molecule has 1 saturated heterocycles. The summed E-state index contributed by atoms with van der Waals surface area (Å²) in [7, 11) is 0. The van der Waals surface area contributed by atoms with Gasteiger partial charge in [0.1, 0.15) is 0 Å². The van der Waals surface area contributed by atoms with Crippen LogP contribution in [0.5, 0.6) is 0 Å². The number of benzene rings is 1. The highest BCUT2D eigenvalue weighted by molar-refractivity contribution is 5.30. The van der Waals surface area contributed by atoms with E-state index < -0.39 is 0 Å². The van der Waals surface area contributed by atoms with E-state index in [0.29, 0.717) is 24.1 Å². The second-order valence-electron chi connectivity index (χ2n) is 6.75. The van der Waals surface area contributed by atoms with Gasteiger partial charge in [0, 0.05) is 18.7 Å². The van der Waals surface area contributed by atoms with Gasteiger partial charge in [0.25, 0.3) is 0 Å².